The minimum absolute atomic E-state index is 0.0936. The molecule has 1 rings (SSSR count). The number of carboxylic acid groups (broad SMARTS) is 1. The van der Waals surface area contributed by atoms with Crippen LogP contribution >= 0.6 is 11.2 Å². The van der Waals surface area contributed by atoms with Crippen LogP contribution in [0.2, 0.25) is 0 Å². The van der Waals surface area contributed by atoms with E-state index in [2.05, 4.69) is 0 Å². The average molecular weight is 177 g/mol. The van der Waals surface area contributed by atoms with E-state index in [4.69, 9.17) is 9.29 Å². The van der Waals surface area contributed by atoms with Crippen molar-refractivity contribution in [1.29, 1.82) is 0 Å². The van der Waals surface area contributed by atoms with Gasteiger partial charge in [0.1, 0.15) is 0 Å². The Morgan fingerprint density at radius 3 is 2.91 bits per heavy atom. The third-order valence-corrected chi connectivity index (χ3v) is 3.03. The first-order chi connectivity index (χ1) is 5.18. The molecule has 1 aliphatic heterocycles. The maximum absolute atomic E-state index is 10.5. The van der Waals surface area contributed by atoms with E-state index < -0.39 is 17.1 Å². The third-order valence-electron chi connectivity index (χ3n) is 1.29. The third kappa shape index (κ3) is 2.80. The van der Waals surface area contributed by atoms with E-state index in [0.717, 1.165) is 0 Å². The van der Waals surface area contributed by atoms with Crippen molar-refractivity contribution in [2.75, 3.05) is 11.5 Å². The lowest BCUT2D eigenvalue weighted by atomic mass is 10.5. The van der Waals surface area contributed by atoms with Crippen LogP contribution in [0.4, 0.5) is 0 Å². The molecule has 63 valence electrons. The van der Waals surface area contributed by atoms with E-state index in [1.165, 1.54) is 0 Å². The summed E-state index contributed by atoms with van der Waals surface area (Å²) >= 11 is -0.408. The van der Waals surface area contributed by atoms with Crippen molar-refractivity contribution in [3.63, 3.8) is 0 Å². The van der Waals surface area contributed by atoms with Gasteiger partial charge in [0.05, 0.1) is 12.8 Å². The van der Waals surface area contributed by atoms with Gasteiger partial charge in [0.15, 0.2) is 0 Å². The Morgan fingerprint density at radius 2 is 2.45 bits per heavy atom. The number of carboxylic acids is 1. The average Bonchev–Trinajstić information content (AvgIpc) is 2.31. The highest BCUT2D eigenvalue weighted by molar-refractivity contribution is 8.13. The van der Waals surface area contributed by atoms with Crippen molar-refractivity contribution < 1.29 is 18.9 Å². The summed E-state index contributed by atoms with van der Waals surface area (Å²) in [7, 11) is 0. The fourth-order valence-electron chi connectivity index (χ4n) is 0.757. The summed E-state index contributed by atoms with van der Waals surface area (Å²) in [5.74, 6) is 0.145. The predicted molar refractivity (Wildman–Crippen MR) is 40.3 cm³/mol. The fraction of sp³-hybridized carbons (Fsp3) is 0.667. The molecule has 1 heterocycles. The van der Waals surface area contributed by atoms with E-state index >= 15 is 0 Å². The van der Waals surface area contributed by atoms with Crippen molar-refractivity contribution in [1.82, 2.24) is 0 Å². The van der Waals surface area contributed by atoms with Crippen LogP contribution in [0.15, 0.2) is 0 Å². The van der Waals surface area contributed by atoms with Crippen LogP contribution in [0, 0.1) is 0 Å². The van der Waals surface area contributed by atoms with E-state index in [0.29, 0.717) is 17.9 Å². The molecule has 0 spiro atoms. The van der Waals surface area contributed by atoms with E-state index in [1.807, 2.05) is 0 Å². The van der Waals surface area contributed by atoms with Crippen molar-refractivity contribution in [2.24, 2.45) is 0 Å². The number of aliphatic carboxylic acids is 1. The van der Waals surface area contributed by atoms with E-state index in [1.54, 1.807) is 0 Å². The zero-order chi connectivity index (χ0) is 8.27. The first kappa shape index (κ1) is 8.39. The Labute approximate surface area is 67.1 Å². The number of hydrogen-bond acceptors (Lipinski definition) is 3. The van der Waals surface area contributed by atoms with Crippen LogP contribution in [0.25, 0.3) is 0 Å². The zero-order valence-electron chi connectivity index (χ0n) is 5.91. The van der Waals surface area contributed by atoms with Crippen molar-refractivity contribution >= 4 is 23.1 Å². The van der Waals surface area contributed by atoms with Gasteiger partial charge < -0.3 is 9.29 Å². The highest BCUT2D eigenvalue weighted by Crippen LogP contribution is 2.34. The molecule has 0 aliphatic carbocycles. The lowest BCUT2D eigenvalue weighted by molar-refractivity contribution is -0.136. The van der Waals surface area contributed by atoms with Crippen LogP contribution in [-0.2, 0) is 13.8 Å². The summed E-state index contributed by atoms with van der Waals surface area (Å²) in [6, 6.07) is 0. The quantitative estimate of drug-likeness (QED) is 0.685. The van der Waals surface area contributed by atoms with Crippen LogP contribution in [0.1, 0.15) is 12.8 Å². The highest BCUT2D eigenvalue weighted by atomic mass is 32.2. The molecule has 11 heavy (non-hydrogen) atoms. The number of carbonyl (C=O) groups excluding carboxylic acids is 1. The second-order valence-electron chi connectivity index (χ2n) is 2.20. The Hall–Kier alpha value is -0.710. The molecule has 4 nitrogen and oxygen atoms in total. The molecular weight excluding hydrogens is 168 g/mol. The maximum Gasteiger partial charge on any atom is 0.317 e. The molecular formula is C6H9O4S. The van der Waals surface area contributed by atoms with Crippen LogP contribution in [0.3, 0.4) is 0 Å². The van der Waals surface area contributed by atoms with Gasteiger partial charge in [0.2, 0.25) is 0 Å². The highest BCUT2D eigenvalue weighted by Gasteiger charge is 2.22. The van der Waals surface area contributed by atoms with Crippen LogP contribution in [-0.4, -0.2) is 28.6 Å². The molecule has 5 heteroatoms. The molecule has 1 aliphatic rings. The van der Waals surface area contributed by atoms with Gasteiger partial charge in [-0.25, -0.2) is 0 Å². The lowest BCUT2D eigenvalue weighted by Crippen LogP contribution is -2.00. The predicted octanol–water partition coefficient (Wildman–Crippen LogP) is 0.592. The lowest BCUT2D eigenvalue weighted by Gasteiger charge is -2.06. The summed E-state index contributed by atoms with van der Waals surface area (Å²) in [5, 5.41) is 8.30. The van der Waals surface area contributed by atoms with Gasteiger partial charge in [-0.15, -0.1) is 0 Å². The topological polar surface area (TPSA) is 63.6 Å². The first-order valence-electron chi connectivity index (χ1n) is 3.29. The standard InChI is InChI=1S/C6H9O4S/c7-5(8)1-3-11-4-2-6(9)10-11/h1-4H2,(H,7,8). The first-order valence-corrected chi connectivity index (χ1v) is 4.78. The molecule has 0 unspecified atom stereocenters. The summed E-state index contributed by atoms with van der Waals surface area (Å²) in [5.41, 5.74) is 0. The summed E-state index contributed by atoms with van der Waals surface area (Å²) in [6.45, 7) is 0. The number of hydrogen-bond donors (Lipinski definition) is 1. The van der Waals surface area contributed by atoms with Crippen molar-refractivity contribution in [2.45, 2.75) is 12.8 Å². The Morgan fingerprint density at radius 1 is 1.73 bits per heavy atom. The van der Waals surface area contributed by atoms with Crippen LogP contribution in [0.5, 0.6) is 0 Å². The van der Waals surface area contributed by atoms with Gasteiger partial charge >= 0.3 is 11.9 Å². The minimum atomic E-state index is -0.833. The van der Waals surface area contributed by atoms with Crippen molar-refractivity contribution in [3.8, 4) is 0 Å². The van der Waals surface area contributed by atoms with Crippen molar-refractivity contribution in [3.05, 3.63) is 0 Å². The smallest absolute Gasteiger partial charge is 0.317 e. The minimum Gasteiger partial charge on any atom is -0.481 e. The molecule has 0 bridgehead atoms. The Bertz CT molecular complexity index is 179. The SMILES string of the molecule is O=C(O)CC[S]1CCC(=O)O1. The molecule has 0 aromatic heterocycles. The molecule has 1 saturated heterocycles. The van der Waals surface area contributed by atoms with Gasteiger partial charge in [-0.05, 0) is 11.2 Å². The van der Waals surface area contributed by atoms with Crippen LogP contribution < -0.4 is 0 Å². The van der Waals surface area contributed by atoms with Gasteiger partial charge in [0.25, 0.3) is 0 Å². The molecule has 1 radical (unpaired) electrons. The molecule has 1 N–H and O–H groups in total. The summed E-state index contributed by atoms with van der Waals surface area (Å²) in [6.07, 6.45) is 0.541. The molecule has 0 amide bonds. The Balaban J connectivity index is 2.18. The zero-order valence-corrected chi connectivity index (χ0v) is 6.73. The maximum atomic E-state index is 10.5. The van der Waals surface area contributed by atoms with E-state index in [9.17, 15) is 9.59 Å². The van der Waals surface area contributed by atoms with Gasteiger partial charge in [-0.2, -0.15) is 0 Å². The largest absolute Gasteiger partial charge is 0.481 e. The number of carbonyl (C=O) groups is 2. The molecule has 0 aromatic carbocycles. The number of rotatable bonds is 3. The monoisotopic (exact) mass is 177 g/mol. The fourth-order valence-corrected chi connectivity index (χ4v) is 2.27. The van der Waals surface area contributed by atoms with Gasteiger partial charge in [-0.3, -0.25) is 9.59 Å². The second kappa shape index (κ2) is 3.61. The molecule has 0 saturated carbocycles. The summed E-state index contributed by atoms with van der Waals surface area (Å²) < 4.78 is 4.84. The van der Waals surface area contributed by atoms with E-state index in [-0.39, 0.29) is 12.4 Å². The molecule has 0 aromatic rings. The van der Waals surface area contributed by atoms with Gasteiger partial charge in [0, 0.05) is 11.5 Å². The Kier molecular flexibility index (Phi) is 2.76. The van der Waals surface area contributed by atoms with Gasteiger partial charge in [-0.1, -0.05) is 0 Å². The molecule has 1 fully saturated rings. The molecule has 0 atom stereocenters. The second-order valence-corrected chi connectivity index (χ2v) is 4.06. The normalized spacial score (nSPS) is 18.4. The summed E-state index contributed by atoms with van der Waals surface area (Å²) in [4.78, 5) is 20.6.